The van der Waals surface area contributed by atoms with Crippen LogP contribution in [0.4, 0.5) is 0 Å². The third kappa shape index (κ3) is 3.64. The highest BCUT2D eigenvalue weighted by Gasteiger charge is 2.06. The van der Waals surface area contributed by atoms with Gasteiger partial charge < -0.3 is 4.74 Å². The minimum atomic E-state index is -0.423. The van der Waals surface area contributed by atoms with E-state index in [1.165, 1.54) is 0 Å². The molecule has 4 heteroatoms. The fourth-order valence-corrected chi connectivity index (χ4v) is 1.08. The smallest absolute Gasteiger partial charge is 0.338 e. The van der Waals surface area contributed by atoms with Gasteiger partial charge in [-0.15, -0.1) is 5.73 Å². The van der Waals surface area contributed by atoms with E-state index in [1.54, 1.807) is 24.3 Å². The Balaban J connectivity index is 2.60. The summed E-state index contributed by atoms with van der Waals surface area (Å²) >= 11 is 4.42. The SMILES string of the molecule is C=C=C(COC(=O)c1ccccc1)N=C=S. The highest BCUT2D eigenvalue weighted by Crippen LogP contribution is 2.03. The molecule has 0 fully saturated rings. The van der Waals surface area contributed by atoms with E-state index in [2.05, 4.69) is 34.7 Å². The average Bonchev–Trinajstić information content (AvgIpc) is 2.35. The standard InChI is InChI=1S/C12H9NO2S/c1-2-11(13-9-16)8-15-12(14)10-6-4-3-5-7-10/h3-7H,1,8H2. The highest BCUT2D eigenvalue weighted by atomic mass is 32.1. The molecule has 0 atom stereocenters. The maximum Gasteiger partial charge on any atom is 0.338 e. The van der Waals surface area contributed by atoms with Gasteiger partial charge in [0.1, 0.15) is 12.3 Å². The number of esters is 1. The Hall–Kier alpha value is -1.99. The van der Waals surface area contributed by atoms with Gasteiger partial charge in [0.15, 0.2) is 0 Å². The molecule has 80 valence electrons. The molecule has 1 aromatic rings. The first-order chi connectivity index (χ1) is 7.77. The Morgan fingerprint density at radius 2 is 2.12 bits per heavy atom. The summed E-state index contributed by atoms with van der Waals surface area (Å²) in [6, 6.07) is 8.68. The fourth-order valence-electron chi connectivity index (χ4n) is 0.969. The number of benzene rings is 1. The molecular weight excluding hydrogens is 222 g/mol. The summed E-state index contributed by atoms with van der Waals surface area (Å²) in [5, 5.41) is 2.16. The zero-order chi connectivity index (χ0) is 11.8. The van der Waals surface area contributed by atoms with Gasteiger partial charge in [0.05, 0.1) is 10.7 Å². The number of carbonyl (C=O) groups excluding carboxylic acids is 1. The number of carbonyl (C=O) groups is 1. The second kappa shape index (κ2) is 6.49. The molecule has 16 heavy (non-hydrogen) atoms. The Bertz CT molecular complexity index is 469. The molecule has 0 amide bonds. The number of hydrogen-bond acceptors (Lipinski definition) is 4. The first kappa shape index (κ1) is 12.1. The van der Waals surface area contributed by atoms with Crippen LogP contribution in [0.1, 0.15) is 10.4 Å². The molecule has 3 nitrogen and oxygen atoms in total. The number of rotatable bonds is 4. The molecule has 0 aliphatic heterocycles. The molecule has 0 N–H and O–H groups in total. The van der Waals surface area contributed by atoms with E-state index >= 15 is 0 Å². The van der Waals surface area contributed by atoms with Crippen molar-refractivity contribution in [1.82, 2.24) is 0 Å². The number of nitrogens with zero attached hydrogens (tertiary/aromatic N) is 1. The van der Waals surface area contributed by atoms with Gasteiger partial charge in [-0.05, 0) is 24.4 Å². The van der Waals surface area contributed by atoms with Crippen LogP contribution in [0.15, 0.2) is 53.3 Å². The van der Waals surface area contributed by atoms with Crippen LogP contribution in [0, 0.1) is 0 Å². The van der Waals surface area contributed by atoms with E-state index in [0.717, 1.165) is 0 Å². The predicted molar refractivity (Wildman–Crippen MR) is 64.4 cm³/mol. The van der Waals surface area contributed by atoms with Crippen LogP contribution in [0.2, 0.25) is 0 Å². The van der Waals surface area contributed by atoms with Crippen molar-refractivity contribution in [2.24, 2.45) is 4.99 Å². The summed E-state index contributed by atoms with van der Waals surface area (Å²) in [5.41, 5.74) is 3.33. The molecule has 0 radical (unpaired) electrons. The lowest BCUT2D eigenvalue weighted by Crippen LogP contribution is -2.06. The minimum Gasteiger partial charge on any atom is -0.455 e. The van der Waals surface area contributed by atoms with Crippen LogP contribution in [0.5, 0.6) is 0 Å². The van der Waals surface area contributed by atoms with Gasteiger partial charge >= 0.3 is 5.97 Å². The molecular formula is C12H9NO2S. The summed E-state index contributed by atoms with van der Waals surface area (Å²) < 4.78 is 4.98. The van der Waals surface area contributed by atoms with E-state index in [9.17, 15) is 4.79 Å². The van der Waals surface area contributed by atoms with E-state index in [1.807, 2.05) is 6.07 Å². The lowest BCUT2D eigenvalue weighted by atomic mass is 10.2. The van der Waals surface area contributed by atoms with Gasteiger partial charge in [-0.25, -0.2) is 4.79 Å². The third-order valence-corrected chi connectivity index (χ3v) is 1.83. The zero-order valence-electron chi connectivity index (χ0n) is 8.47. The van der Waals surface area contributed by atoms with E-state index in [-0.39, 0.29) is 6.61 Å². The van der Waals surface area contributed by atoms with Crippen LogP contribution < -0.4 is 0 Å². The van der Waals surface area contributed by atoms with Gasteiger partial charge in [0, 0.05) is 0 Å². The first-order valence-electron chi connectivity index (χ1n) is 4.47. The molecule has 0 unspecified atom stereocenters. The second-order valence-electron chi connectivity index (χ2n) is 2.77. The van der Waals surface area contributed by atoms with Crippen molar-refractivity contribution in [2.75, 3.05) is 6.61 Å². The van der Waals surface area contributed by atoms with E-state index in [4.69, 9.17) is 4.74 Å². The Morgan fingerprint density at radius 3 is 2.69 bits per heavy atom. The quantitative estimate of drug-likeness (QED) is 0.346. The number of isothiocyanates is 1. The molecule has 0 bridgehead atoms. The van der Waals surface area contributed by atoms with Crippen molar-refractivity contribution in [3.05, 3.63) is 53.9 Å². The number of thiocarbonyl (C=S) groups is 1. The largest absolute Gasteiger partial charge is 0.455 e. The summed E-state index contributed by atoms with van der Waals surface area (Å²) in [7, 11) is 0. The van der Waals surface area contributed by atoms with Crippen LogP contribution in [-0.2, 0) is 4.74 Å². The topological polar surface area (TPSA) is 38.7 Å². The van der Waals surface area contributed by atoms with E-state index in [0.29, 0.717) is 11.3 Å². The van der Waals surface area contributed by atoms with Crippen LogP contribution >= 0.6 is 12.2 Å². The molecule has 1 aromatic carbocycles. The maximum absolute atomic E-state index is 11.5. The first-order valence-corrected chi connectivity index (χ1v) is 4.87. The minimum absolute atomic E-state index is 0.0130. The van der Waals surface area contributed by atoms with Crippen molar-refractivity contribution < 1.29 is 9.53 Å². The molecule has 1 rings (SSSR count). The van der Waals surface area contributed by atoms with Crippen molar-refractivity contribution in [3.8, 4) is 0 Å². The van der Waals surface area contributed by atoms with Crippen LogP contribution in [-0.4, -0.2) is 17.7 Å². The summed E-state index contributed by atoms with van der Waals surface area (Å²) in [5.74, 6) is -0.423. The Labute approximate surface area is 98.8 Å². The maximum atomic E-state index is 11.5. The average molecular weight is 231 g/mol. The Morgan fingerprint density at radius 1 is 1.44 bits per heavy atom. The monoisotopic (exact) mass is 231 g/mol. The van der Waals surface area contributed by atoms with E-state index < -0.39 is 5.97 Å². The van der Waals surface area contributed by atoms with Crippen molar-refractivity contribution in [3.63, 3.8) is 0 Å². The van der Waals surface area contributed by atoms with Gasteiger partial charge in [-0.1, -0.05) is 24.8 Å². The molecule has 0 aliphatic carbocycles. The third-order valence-electron chi connectivity index (χ3n) is 1.73. The predicted octanol–water partition coefficient (Wildman–Crippen LogP) is 2.62. The highest BCUT2D eigenvalue weighted by molar-refractivity contribution is 7.78. The van der Waals surface area contributed by atoms with Crippen molar-refractivity contribution >= 4 is 23.3 Å². The van der Waals surface area contributed by atoms with Gasteiger partial charge in [0.2, 0.25) is 0 Å². The Kier molecular flexibility index (Phi) is 4.90. The second-order valence-corrected chi connectivity index (χ2v) is 2.95. The summed E-state index contributed by atoms with van der Waals surface area (Å²) in [4.78, 5) is 15.1. The van der Waals surface area contributed by atoms with Crippen LogP contribution in [0.25, 0.3) is 0 Å². The van der Waals surface area contributed by atoms with Crippen LogP contribution in [0.3, 0.4) is 0 Å². The molecule has 0 saturated heterocycles. The summed E-state index contributed by atoms with van der Waals surface area (Å²) in [6.45, 7) is 3.38. The molecule has 0 spiro atoms. The van der Waals surface area contributed by atoms with Gasteiger partial charge in [0.25, 0.3) is 0 Å². The molecule has 0 aromatic heterocycles. The van der Waals surface area contributed by atoms with Crippen molar-refractivity contribution in [1.29, 1.82) is 0 Å². The number of hydrogen-bond donors (Lipinski definition) is 0. The van der Waals surface area contributed by atoms with Gasteiger partial charge in [-0.2, -0.15) is 4.99 Å². The lowest BCUT2D eigenvalue weighted by Gasteiger charge is -2.02. The molecule has 0 saturated carbocycles. The number of aliphatic imine (C=N–C) groups is 1. The summed E-state index contributed by atoms with van der Waals surface area (Å²) in [6.07, 6.45) is 0. The number of ether oxygens (including phenoxy) is 1. The fraction of sp³-hybridized carbons (Fsp3) is 0.0833. The normalized spacial score (nSPS) is 8.50. The van der Waals surface area contributed by atoms with Gasteiger partial charge in [-0.3, -0.25) is 0 Å². The zero-order valence-corrected chi connectivity index (χ0v) is 9.29. The van der Waals surface area contributed by atoms with Crippen molar-refractivity contribution in [2.45, 2.75) is 0 Å². The molecule has 0 aliphatic rings. The lowest BCUT2D eigenvalue weighted by molar-refractivity contribution is 0.0539. The molecule has 0 heterocycles.